The number of benzene rings is 1. The van der Waals surface area contributed by atoms with E-state index in [4.69, 9.17) is 0 Å². The van der Waals surface area contributed by atoms with Crippen molar-refractivity contribution in [2.45, 2.75) is 18.4 Å². The number of piperazine rings is 1. The molecule has 1 heterocycles. The van der Waals surface area contributed by atoms with Gasteiger partial charge in [-0.3, -0.25) is 14.5 Å². The normalized spacial score (nSPS) is 20.2. The Bertz CT molecular complexity index is 642. The minimum absolute atomic E-state index is 0.153. The van der Waals surface area contributed by atoms with E-state index in [0.29, 0.717) is 0 Å². The van der Waals surface area contributed by atoms with Crippen molar-refractivity contribution in [1.29, 1.82) is 0 Å². The van der Waals surface area contributed by atoms with Crippen molar-refractivity contribution in [3.63, 3.8) is 0 Å². The first-order valence-corrected chi connectivity index (χ1v) is 6.80. The van der Waals surface area contributed by atoms with Crippen LogP contribution in [-0.2, 0) is 19.9 Å². The highest BCUT2D eigenvalue weighted by Crippen LogP contribution is 2.52. The highest BCUT2D eigenvalue weighted by molar-refractivity contribution is 6.02. The first kappa shape index (κ1) is 13.5. The van der Waals surface area contributed by atoms with Crippen LogP contribution < -0.4 is 4.90 Å². The van der Waals surface area contributed by atoms with E-state index in [1.807, 2.05) is 24.3 Å². The van der Waals surface area contributed by atoms with Gasteiger partial charge in [-0.15, -0.1) is 0 Å². The smallest absolute Gasteiger partial charge is 0.248 e. The van der Waals surface area contributed by atoms with Crippen molar-refractivity contribution in [2.24, 2.45) is 4.99 Å². The van der Waals surface area contributed by atoms with Crippen LogP contribution in [0.15, 0.2) is 29.3 Å². The first-order chi connectivity index (χ1) is 10.1. The zero-order chi connectivity index (χ0) is 15.0. The van der Waals surface area contributed by atoms with Crippen LogP contribution in [0.2, 0.25) is 0 Å². The highest BCUT2D eigenvalue weighted by Gasteiger charge is 2.47. The topological polar surface area (TPSA) is 70.1 Å². The standard InChI is InChI=1S/C15H15N3O3/c1-17-13(20)8-18(9-14(17)21)12-5-3-2-4-11(12)15(6-7-15)16-10-19/h2-5H,6-9H2,1H3. The SMILES string of the molecule is CN1C(=O)CN(c2ccccc2C2(N=C=O)CC2)CC1=O. The van der Waals surface area contributed by atoms with E-state index in [9.17, 15) is 14.4 Å². The van der Waals surface area contributed by atoms with E-state index < -0.39 is 5.54 Å². The summed E-state index contributed by atoms with van der Waals surface area (Å²) in [5.41, 5.74) is 1.16. The number of imide groups is 1. The van der Waals surface area contributed by atoms with Crippen LogP contribution in [0.25, 0.3) is 0 Å². The maximum absolute atomic E-state index is 11.9. The van der Waals surface area contributed by atoms with E-state index in [0.717, 1.165) is 29.0 Å². The fourth-order valence-electron chi connectivity index (χ4n) is 2.69. The minimum atomic E-state index is -0.520. The highest BCUT2D eigenvalue weighted by atomic mass is 16.2. The second kappa shape index (κ2) is 4.82. The van der Waals surface area contributed by atoms with Gasteiger partial charge in [0.25, 0.3) is 0 Å². The molecule has 3 rings (SSSR count). The van der Waals surface area contributed by atoms with Crippen LogP contribution in [0.4, 0.5) is 5.69 Å². The van der Waals surface area contributed by atoms with Crippen molar-refractivity contribution < 1.29 is 14.4 Å². The van der Waals surface area contributed by atoms with Crippen molar-refractivity contribution >= 4 is 23.6 Å². The Labute approximate surface area is 122 Å². The van der Waals surface area contributed by atoms with Crippen LogP contribution in [0, 0.1) is 0 Å². The van der Waals surface area contributed by atoms with Gasteiger partial charge in [0, 0.05) is 18.3 Å². The van der Waals surface area contributed by atoms with Crippen LogP contribution in [0.5, 0.6) is 0 Å². The lowest BCUT2D eigenvalue weighted by molar-refractivity contribution is -0.143. The predicted octanol–water partition coefficient (Wildman–Crippen LogP) is 0.817. The Morgan fingerprint density at radius 1 is 1.14 bits per heavy atom. The summed E-state index contributed by atoms with van der Waals surface area (Å²) in [5.74, 6) is -0.463. The molecule has 1 aromatic rings. The molecular weight excluding hydrogens is 270 g/mol. The molecule has 1 aromatic carbocycles. The van der Waals surface area contributed by atoms with Gasteiger partial charge in [-0.2, -0.15) is 4.99 Å². The molecule has 2 aliphatic rings. The third kappa shape index (κ3) is 2.23. The number of anilines is 1. The number of amides is 2. The molecule has 0 spiro atoms. The summed E-state index contributed by atoms with van der Waals surface area (Å²) in [6.45, 7) is 0.306. The molecule has 0 unspecified atom stereocenters. The molecule has 0 bridgehead atoms. The second-order valence-electron chi connectivity index (χ2n) is 5.45. The Morgan fingerprint density at radius 3 is 2.33 bits per heavy atom. The van der Waals surface area contributed by atoms with Crippen molar-refractivity contribution in [2.75, 3.05) is 25.0 Å². The van der Waals surface area contributed by atoms with E-state index in [1.165, 1.54) is 7.05 Å². The number of carbonyl (C=O) groups is 2. The Kier molecular flexibility index (Phi) is 3.11. The lowest BCUT2D eigenvalue weighted by atomic mass is 10.0. The van der Waals surface area contributed by atoms with Gasteiger partial charge in [0.2, 0.25) is 17.9 Å². The average Bonchev–Trinajstić information content (AvgIpc) is 3.25. The van der Waals surface area contributed by atoms with Crippen LogP contribution in [-0.4, -0.2) is 42.9 Å². The maximum Gasteiger partial charge on any atom is 0.248 e. The van der Waals surface area contributed by atoms with Gasteiger partial charge in [-0.05, 0) is 18.9 Å². The molecule has 0 N–H and O–H groups in total. The quantitative estimate of drug-likeness (QED) is 0.468. The lowest BCUT2D eigenvalue weighted by Gasteiger charge is -2.33. The number of hydrogen-bond donors (Lipinski definition) is 0. The number of hydrogen-bond acceptors (Lipinski definition) is 5. The van der Waals surface area contributed by atoms with Crippen LogP contribution in [0.3, 0.4) is 0 Å². The number of nitrogens with zero attached hydrogens (tertiary/aromatic N) is 3. The summed E-state index contributed by atoms with van der Waals surface area (Å²) in [4.78, 5) is 41.2. The third-order valence-electron chi connectivity index (χ3n) is 4.13. The van der Waals surface area contributed by atoms with Gasteiger partial charge in [0.05, 0.1) is 13.1 Å². The summed E-state index contributed by atoms with van der Waals surface area (Å²) in [6, 6.07) is 7.49. The number of isocyanates is 1. The molecule has 108 valence electrons. The van der Waals surface area contributed by atoms with Gasteiger partial charge >= 0.3 is 0 Å². The summed E-state index contributed by atoms with van der Waals surface area (Å²) in [5, 5.41) is 0. The zero-order valence-electron chi connectivity index (χ0n) is 11.7. The van der Waals surface area contributed by atoms with Gasteiger partial charge < -0.3 is 4.90 Å². The van der Waals surface area contributed by atoms with E-state index in [-0.39, 0.29) is 24.9 Å². The Balaban J connectivity index is 1.99. The number of para-hydroxylation sites is 1. The second-order valence-corrected chi connectivity index (χ2v) is 5.45. The summed E-state index contributed by atoms with van der Waals surface area (Å²) in [7, 11) is 1.49. The molecule has 0 radical (unpaired) electrons. The molecule has 21 heavy (non-hydrogen) atoms. The van der Waals surface area contributed by atoms with Gasteiger partial charge in [-0.1, -0.05) is 18.2 Å². The number of aliphatic imine (C=N–C) groups is 1. The van der Waals surface area contributed by atoms with E-state index in [1.54, 1.807) is 11.0 Å². The third-order valence-corrected chi connectivity index (χ3v) is 4.13. The van der Waals surface area contributed by atoms with Gasteiger partial charge in [0.1, 0.15) is 5.54 Å². The lowest BCUT2D eigenvalue weighted by Crippen LogP contribution is -2.52. The minimum Gasteiger partial charge on any atom is -0.353 e. The van der Waals surface area contributed by atoms with Gasteiger partial charge in [0.15, 0.2) is 0 Å². The molecular formula is C15H15N3O3. The molecule has 1 saturated heterocycles. The van der Waals surface area contributed by atoms with Crippen LogP contribution in [0.1, 0.15) is 18.4 Å². The fraction of sp³-hybridized carbons (Fsp3) is 0.400. The fourth-order valence-corrected chi connectivity index (χ4v) is 2.69. The van der Waals surface area contributed by atoms with Crippen molar-refractivity contribution in [3.8, 4) is 0 Å². The van der Waals surface area contributed by atoms with E-state index >= 15 is 0 Å². The summed E-state index contributed by atoms with van der Waals surface area (Å²) < 4.78 is 0. The number of likely N-dealkylation sites (N-methyl/N-ethyl adjacent to an activating group) is 1. The summed E-state index contributed by atoms with van der Waals surface area (Å²) in [6.07, 6.45) is 3.21. The van der Waals surface area contributed by atoms with Crippen LogP contribution >= 0.6 is 0 Å². The largest absolute Gasteiger partial charge is 0.353 e. The molecule has 1 aliphatic heterocycles. The zero-order valence-corrected chi connectivity index (χ0v) is 11.7. The number of carbonyl (C=O) groups excluding carboxylic acids is 3. The molecule has 1 saturated carbocycles. The molecule has 6 nitrogen and oxygen atoms in total. The number of rotatable bonds is 3. The van der Waals surface area contributed by atoms with E-state index in [2.05, 4.69) is 4.99 Å². The molecule has 1 aliphatic carbocycles. The maximum atomic E-state index is 11.9. The molecule has 0 aromatic heterocycles. The summed E-state index contributed by atoms with van der Waals surface area (Å²) >= 11 is 0. The van der Waals surface area contributed by atoms with Crippen molar-refractivity contribution in [3.05, 3.63) is 29.8 Å². The average molecular weight is 285 g/mol. The molecule has 2 fully saturated rings. The Morgan fingerprint density at radius 2 is 1.76 bits per heavy atom. The van der Waals surface area contributed by atoms with Gasteiger partial charge in [-0.25, -0.2) is 4.79 Å². The monoisotopic (exact) mass is 285 g/mol. The molecule has 2 amide bonds. The van der Waals surface area contributed by atoms with Crippen molar-refractivity contribution in [1.82, 2.24) is 4.90 Å². The molecule has 6 heteroatoms. The molecule has 0 atom stereocenters. The first-order valence-electron chi connectivity index (χ1n) is 6.80. The Hall–Kier alpha value is -2.46. The predicted molar refractivity (Wildman–Crippen MR) is 75.5 cm³/mol.